The molecule has 1 saturated heterocycles. The van der Waals surface area contributed by atoms with E-state index in [2.05, 4.69) is 15.0 Å². The number of nitrogens with two attached hydrogens (primary N) is 1. The van der Waals surface area contributed by atoms with Gasteiger partial charge in [-0.3, -0.25) is 9.78 Å². The Hall–Kier alpha value is -3.34. The largest absolute Gasteiger partial charge is 0.390 e. The highest BCUT2D eigenvalue weighted by Gasteiger charge is 2.37. The van der Waals surface area contributed by atoms with Crippen LogP contribution >= 0.6 is 0 Å². The van der Waals surface area contributed by atoms with Gasteiger partial charge in [0, 0.05) is 23.5 Å². The highest BCUT2D eigenvalue weighted by atomic mass is 19.1. The Labute approximate surface area is 175 Å². The van der Waals surface area contributed by atoms with Crippen LogP contribution in [0.5, 0.6) is 0 Å². The number of hydrogen-bond donors (Lipinski definition) is 3. The number of pyridine rings is 1. The minimum absolute atomic E-state index is 0.0410. The third kappa shape index (κ3) is 3.88. The van der Waals surface area contributed by atoms with Crippen LogP contribution in [-0.2, 0) is 4.74 Å². The molecule has 1 aliphatic heterocycles. The van der Waals surface area contributed by atoms with Crippen molar-refractivity contribution < 1.29 is 28.5 Å². The molecule has 2 aromatic heterocycles. The van der Waals surface area contributed by atoms with Crippen LogP contribution in [0.2, 0.25) is 0 Å². The Bertz CT molecular complexity index is 1110. The van der Waals surface area contributed by atoms with Gasteiger partial charge in [0.15, 0.2) is 5.82 Å². The van der Waals surface area contributed by atoms with Crippen molar-refractivity contribution in [1.29, 1.82) is 0 Å². The van der Waals surface area contributed by atoms with E-state index in [1.807, 2.05) is 0 Å². The zero-order valence-electron chi connectivity index (χ0n) is 16.1. The summed E-state index contributed by atoms with van der Waals surface area (Å²) in [4.78, 5) is 24.6. The molecule has 1 aliphatic rings. The van der Waals surface area contributed by atoms with Gasteiger partial charge in [0.2, 0.25) is 0 Å². The average Bonchev–Trinajstić information content (AvgIpc) is 2.75. The number of carbonyl (C=O) groups excluding carboxylic acids is 1. The van der Waals surface area contributed by atoms with Crippen molar-refractivity contribution in [3.63, 3.8) is 0 Å². The van der Waals surface area contributed by atoms with Gasteiger partial charge in [0.05, 0.1) is 24.0 Å². The first-order valence-electron chi connectivity index (χ1n) is 9.42. The van der Waals surface area contributed by atoms with Gasteiger partial charge in [-0.1, -0.05) is 12.1 Å². The van der Waals surface area contributed by atoms with Crippen LogP contribution < -0.4 is 5.73 Å². The lowest BCUT2D eigenvalue weighted by Crippen LogP contribution is -2.40. The van der Waals surface area contributed by atoms with Crippen LogP contribution in [-0.4, -0.2) is 49.9 Å². The van der Waals surface area contributed by atoms with Gasteiger partial charge in [0.25, 0.3) is 5.91 Å². The van der Waals surface area contributed by atoms with E-state index in [9.17, 15) is 23.8 Å². The van der Waals surface area contributed by atoms with E-state index in [1.54, 1.807) is 12.1 Å². The van der Waals surface area contributed by atoms with Gasteiger partial charge in [0.1, 0.15) is 29.5 Å². The van der Waals surface area contributed by atoms with Crippen molar-refractivity contribution in [3.05, 3.63) is 65.7 Å². The van der Waals surface area contributed by atoms with E-state index in [-0.39, 0.29) is 30.0 Å². The van der Waals surface area contributed by atoms with Gasteiger partial charge in [-0.2, -0.15) is 0 Å². The molecular formula is C21H18F2N4O4. The molecule has 3 unspecified atom stereocenters. The zero-order chi connectivity index (χ0) is 22.1. The lowest BCUT2D eigenvalue weighted by molar-refractivity contribution is -0.138. The lowest BCUT2D eigenvalue weighted by atomic mass is 9.93. The third-order valence-electron chi connectivity index (χ3n) is 4.99. The Morgan fingerprint density at radius 2 is 1.84 bits per heavy atom. The van der Waals surface area contributed by atoms with E-state index >= 15 is 0 Å². The summed E-state index contributed by atoms with van der Waals surface area (Å²) in [7, 11) is 0. The second-order valence-electron chi connectivity index (χ2n) is 7.00. The number of aliphatic hydroxyl groups excluding tert-OH is 2. The number of aromatic nitrogens is 3. The van der Waals surface area contributed by atoms with Gasteiger partial charge < -0.3 is 20.7 Å². The Kier molecular flexibility index (Phi) is 5.68. The SMILES string of the molecule is NC(=O)c1nc(-c2c(F)cccc2F)nc(C2OCCC(O)C2O)c1-c1cccnc1. The van der Waals surface area contributed by atoms with E-state index < -0.39 is 47.2 Å². The molecule has 3 atom stereocenters. The van der Waals surface area contributed by atoms with Crippen LogP contribution in [0.15, 0.2) is 42.7 Å². The number of aliphatic hydroxyl groups is 2. The van der Waals surface area contributed by atoms with Crippen molar-refractivity contribution in [2.24, 2.45) is 5.73 Å². The van der Waals surface area contributed by atoms with Crippen LogP contribution in [0.3, 0.4) is 0 Å². The van der Waals surface area contributed by atoms with E-state index in [4.69, 9.17) is 10.5 Å². The highest BCUT2D eigenvalue weighted by Crippen LogP contribution is 2.37. The maximum Gasteiger partial charge on any atom is 0.268 e. The van der Waals surface area contributed by atoms with Gasteiger partial charge in [-0.05, 0) is 24.6 Å². The average molecular weight is 428 g/mol. The lowest BCUT2D eigenvalue weighted by Gasteiger charge is -2.33. The summed E-state index contributed by atoms with van der Waals surface area (Å²) in [5, 5.41) is 20.7. The number of amides is 1. The van der Waals surface area contributed by atoms with Crippen molar-refractivity contribution in [2.45, 2.75) is 24.7 Å². The maximum absolute atomic E-state index is 14.4. The van der Waals surface area contributed by atoms with Gasteiger partial charge in [-0.25, -0.2) is 18.7 Å². The van der Waals surface area contributed by atoms with Crippen LogP contribution in [0.25, 0.3) is 22.5 Å². The molecule has 1 amide bonds. The molecule has 3 heterocycles. The molecule has 0 radical (unpaired) electrons. The molecule has 31 heavy (non-hydrogen) atoms. The topological polar surface area (TPSA) is 131 Å². The predicted molar refractivity (Wildman–Crippen MR) is 104 cm³/mol. The molecule has 0 bridgehead atoms. The molecule has 8 nitrogen and oxygen atoms in total. The molecule has 4 N–H and O–H groups in total. The summed E-state index contributed by atoms with van der Waals surface area (Å²) in [5.74, 6) is -3.31. The number of nitrogens with zero attached hydrogens (tertiary/aromatic N) is 3. The quantitative estimate of drug-likeness (QED) is 0.577. The molecule has 0 aliphatic carbocycles. The van der Waals surface area contributed by atoms with Crippen molar-refractivity contribution in [1.82, 2.24) is 15.0 Å². The number of primary amides is 1. The molecule has 1 aromatic carbocycles. The zero-order valence-corrected chi connectivity index (χ0v) is 16.1. The summed E-state index contributed by atoms with van der Waals surface area (Å²) < 4.78 is 34.5. The van der Waals surface area contributed by atoms with E-state index in [0.717, 1.165) is 12.1 Å². The second-order valence-corrected chi connectivity index (χ2v) is 7.00. The molecule has 0 saturated carbocycles. The first-order valence-corrected chi connectivity index (χ1v) is 9.42. The summed E-state index contributed by atoms with van der Waals surface area (Å²) in [6.45, 7) is 0.0919. The molecule has 1 fully saturated rings. The molecule has 3 aromatic rings. The fourth-order valence-corrected chi connectivity index (χ4v) is 3.51. The molecule has 4 rings (SSSR count). The smallest absolute Gasteiger partial charge is 0.268 e. The van der Waals surface area contributed by atoms with Crippen LogP contribution in [0.4, 0.5) is 8.78 Å². The van der Waals surface area contributed by atoms with Crippen molar-refractivity contribution in [2.75, 3.05) is 6.61 Å². The Morgan fingerprint density at radius 3 is 2.48 bits per heavy atom. The van der Waals surface area contributed by atoms with E-state index in [1.165, 1.54) is 18.5 Å². The Morgan fingerprint density at radius 1 is 1.10 bits per heavy atom. The number of halogens is 2. The van der Waals surface area contributed by atoms with Crippen molar-refractivity contribution in [3.8, 4) is 22.5 Å². The minimum Gasteiger partial charge on any atom is -0.390 e. The predicted octanol–water partition coefficient (Wildman–Crippen LogP) is 1.77. The number of hydrogen-bond acceptors (Lipinski definition) is 7. The fourth-order valence-electron chi connectivity index (χ4n) is 3.51. The third-order valence-corrected chi connectivity index (χ3v) is 4.99. The normalized spacial score (nSPS) is 21.1. The maximum atomic E-state index is 14.4. The fraction of sp³-hybridized carbons (Fsp3) is 0.238. The molecular weight excluding hydrogens is 410 g/mol. The summed E-state index contributed by atoms with van der Waals surface area (Å²) >= 11 is 0. The standard InChI is InChI=1S/C21H18F2N4O4/c22-11-4-1-5-12(23)15(11)21-26-16(19-18(29)13(28)6-8-31-19)14(17(27-21)20(24)30)10-3-2-7-25-9-10/h1-5,7,9,13,18-19,28-29H,6,8H2,(H2,24,30). The number of rotatable bonds is 4. The van der Waals surface area contributed by atoms with Crippen molar-refractivity contribution >= 4 is 5.91 Å². The number of ether oxygens (including phenoxy) is 1. The number of benzene rings is 1. The molecule has 0 spiro atoms. The van der Waals surface area contributed by atoms with E-state index in [0.29, 0.717) is 5.56 Å². The highest BCUT2D eigenvalue weighted by molar-refractivity contribution is 5.99. The number of carbonyl (C=O) groups is 1. The minimum atomic E-state index is -1.40. The van der Waals surface area contributed by atoms with Crippen LogP contribution in [0, 0.1) is 11.6 Å². The summed E-state index contributed by atoms with van der Waals surface area (Å²) in [6, 6.07) is 6.43. The first-order chi connectivity index (χ1) is 14.9. The summed E-state index contributed by atoms with van der Waals surface area (Å²) in [5.41, 5.74) is 5.09. The summed E-state index contributed by atoms with van der Waals surface area (Å²) in [6.07, 6.45) is -0.619. The Balaban J connectivity index is 2.04. The first kappa shape index (κ1) is 20.9. The van der Waals surface area contributed by atoms with Crippen LogP contribution in [0.1, 0.15) is 28.7 Å². The monoisotopic (exact) mass is 428 g/mol. The second kappa shape index (κ2) is 8.42. The van der Waals surface area contributed by atoms with Gasteiger partial charge in [-0.15, -0.1) is 0 Å². The molecule has 10 heteroatoms. The molecule has 160 valence electrons. The van der Waals surface area contributed by atoms with Gasteiger partial charge >= 0.3 is 0 Å².